The van der Waals surface area contributed by atoms with Crippen molar-refractivity contribution in [3.8, 4) is 0 Å². The molecule has 0 aliphatic carbocycles. The summed E-state index contributed by atoms with van der Waals surface area (Å²) in [5.41, 5.74) is 0. The largest absolute Gasteiger partial charge is 0.544 e. The number of hydrogen-bond acceptors (Lipinski definition) is 4. The van der Waals surface area contributed by atoms with Crippen molar-refractivity contribution in [2.45, 2.75) is 193 Å². The Labute approximate surface area is 264 Å². The summed E-state index contributed by atoms with van der Waals surface area (Å²) >= 11 is 0. The van der Waals surface area contributed by atoms with Crippen LogP contribution in [0.2, 0.25) is 0 Å². The average molecular weight is 610 g/mol. The SMILES string of the molecule is CCCCCCCCCCCCCCCC/C=C/CCCCCC[N+](C(CC)C(=O)[O-])(C(CC)C(=O)O)C(CC)C(=O)O. The first-order chi connectivity index (χ1) is 20.7. The van der Waals surface area contributed by atoms with Crippen molar-refractivity contribution in [2.75, 3.05) is 6.54 Å². The standard InChI is InChI=1S/C36H67NO6/c1-5-9-10-11-12-13-14-15-16-17-18-19-20-21-22-23-24-25-26-27-28-29-30-37(31(6-2)34(38)39,32(7-3)35(40)41)33(8-4)36(42)43/h23-24,31-33H,5-22,25-30H2,1-4H3,(H2-,38,39,40,41,42,43)/b24-23+. The van der Waals surface area contributed by atoms with Crippen molar-refractivity contribution in [3.05, 3.63) is 12.2 Å². The number of allylic oxidation sites excluding steroid dienone is 2. The Morgan fingerprint density at radius 3 is 1.16 bits per heavy atom. The number of unbranched alkanes of at least 4 members (excludes halogenated alkanes) is 18. The fourth-order valence-corrected chi connectivity index (χ4v) is 6.96. The second kappa shape index (κ2) is 26.5. The van der Waals surface area contributed by atoms with Crippen molar-refractivity contribution >= 4 is 17.9 Å². The Morgan fingerprint density at radius 1 is 0.535 bits per heavy atom. The first kappa shape index (κ1) is 41.1. The Hall–Kier alpha value is -1.89. The third kappa shape index (κ3) is 16.7. The average Bonchev–Trinajstić information content (AvgIpc) is 2.96. The zero-order valence-corrected chi connectivity index (χ0v) is 28.3. The van der Waals surface area contributed by atoms with Crippen LogP contribution in [0, 0.1) is 0 Å². The lowest BCUT2D eigenvalue weighted by molar-refractivity contribution is -0.974. The quantitative estimate of drug-likeness (QED) is 0.0463. The van der Waals surface area contributed by atoms with Gasteiger partial charge in [0.05, 0.1) is 12.5 Å². The van der Waals surface area contributed by atoms with E-state index in [-0.39, 0.29) is 25.8 Å². The fourth-order valence-electron chi connectivity index (χ4n) is 6.96. The van der Waals surface area contributed by atoms with Crippen LogP contribution in [-0.4, -0.2) is 57.3 Å². The molecule has 7 heteroatoms. The molecule has 0 radical (unpaired) electrons. The maximum absolute atomic E-state index is 12.3. The van der Waals surface area contributed by atoms with Crippen LogP contribution in [-0.2, 0) is 14.4 Å². The van der Waals surface area contributed by atoms with Gasteiger partial charge < -0.3 is 20.1 Å². The molecular weight excluding hydrogens is 542 g/mol. The number of nitrogens with zero attached hydrogens (tertiary/aromatic N) is 1. The van der Waals surface area contributed by atoms with Gasteiger partial charge in [0.2, 0.25) is 0 Å². The van der Waals surface area contributed by atoms with E-state index >= 15 is 0 Å². The van der Waals surface area contributed by atoms with E-state index in [0.29, 0.717) is 6.42 Å². The zero-order valence-electron chi connectivity index (χ0n) is 28.3. The molecule has 3 atom stereocenters. The number of carbonyl (C=O) groups is 3. The topological polar surface area (TPSA) is 115 Å². The van der Waals surface area contributed by atoms with E-state index in [4.69, 9.17) is 0 Å². The van der Waals surface area contributed by atoms with Gasteiger partial charge >= 0.3 is 11.9 Å². The molecule has 0 rings (SSSR count). The van der Waals surface area contributed by atoms with Gasteiger partial charge in [-0.1, -0.05) is 130 Å². The highest BCUT2D eigenvalue weighted by atomic mass is 16.4. The Kier molecular flexibility index (Phi) is 25.3. The van der Waals surface area contributed by atoms with Crippen molar-refractivity contribution in [1.82, 2.24) is 0 Å². The van der Waals surface area contributed by atoms with Crippen LogP contribution >= 0.6 is 0 Å². The molecule has 0 saturated heterocycles. The van der Waals surface area contributed by atoms with E-state index in [1.54, 1.807) is 20.8 Å². The first-order valence-electron chi connectivity index (χ1n) is 17.9. The Balaban J connectivity index is 4.35. The van der Waals surface area contributed by atoms with E-state index in [1.807, 2.05) is 0 Å². The molecule has 0 saturated carbocycles. The number of carbonyl (C=O) groups excluding carboxylic acids is 1. The number of carboxylic acids is 3. The highest BCUT2D eigenvalue weighted by molar-refractivity contribution is 5.77. The summed E-state index contributed by atoms with van der Waals surface area (Å²) in [4.78, 5) is 36.7. The monoisotopic (exact) mass is 609 g/mol. The molecule has 0 fully saturated rings. The van der Waals surface area contributed by atoms with E-state index < -0.39 is 40.5 Å². The van der Waals surface area contributed by atoms with E-state index in [0.717, 1.165) is 32.1 Å². The molecule has 3 unspecified atom stereocenters. The molecule has 2 N–H and O–H groups in total. The molecule has 0 spiro atoms. The second-order valence-electron chi connectivity index (χ2n) is 12.5. The van der Waals surface area contributed by atoms with Gasteiger partial charge in [0, 0.05) is 19.3 Å². The van der Waals surface area contributed by atoms with Crippen LogP contribution in [0.3, 0.4) is 0 Å². The third-order valence-electron chi connectivity index (χ3n) is 9.30. The molecular formula is C36H67NO6. The molecule has 0 heterocycles. The normalized spacial score (nSPS) is 15.3. The fraction of sp³-hybridized carbons (Fsp3) is 0.861. The Bertz CT molecular complexity index is 697. The minimum Gasteiger partial charge on any atom is -0.544 e. The molecule has 0 aromatic rings. The first-order valence-corrected chi connectivity index (χ1v) is 17.9. The van der Waals surface area contributed by atoms with Crippen LogP contribution in [0.15, 0.2) is 12.2 Å². The van der Waals surface area contributed by atoms with Crippen LogP contribution in [0.25, 0.3) is 0 Å². The summed E-state index contributed by atoms with van der Waals surface area (Å²) < 4.78 is -0.477. The highest BCUT2D eigenvalue weighted by Crippen LogP contribution is 2.32. The lowest BCUT2D eigenvalue weighted by Crippen LogP contribution is -2.73. The molecule has 0 bridgehead atoms. The van der Waals surface area contributed by atoms with Gasteiger partial charge in [0.1, 0.15) is 6.04 Å². The summed E-state index contributed by atoms with van der Waals surface area (Å²) in [6, 6.07) is -3.40. The van der Waals surface area contributed by atoms with Gasteiger partial charge in [-0.05, 0) is 38.5 Å². The van der Waals surface area contributed by atoms with E-state index in [2.05, 4.69) is 19.1 Å². The number of carboxylic acid groups (broad SMARTS) is 3. The highest BCUT2D eigenvalue weighted by Gasteiger charge is 2.53. The van der Waals surface area contributed by atoms with E-state index in [9.17, 15) is 29.7 Å². The molecule has 0 aliphatic rings. The minimum atomic E-state index is -1.37. The maximum atomic E-state index is 12.3. The number of aliphatic carboxylic acids is 3. The molecule has 0 amide bonds. The molecule has 0 aliphatic heterocycles. The van der Waals surface area contributed by atoms with Crippen molar-refractivity contribution in [1.29, 1.82) is 0 Å². The Morgan fingerprint density at radius 2 is 0.860 bits per heavy atom. The van der Waals surface area contributed by atoms with Crippen LogP contribution in [0.5, 0.6) is 0 Å². The summed E-state index contributed by atoms with van der Waals surface area (Å²) in [6.45, 7) is 7.52. The van der Waals surface area contributed by atoms with Crippen molar-refractivity contribution in [2.24, 2.45) is 0 Å². The minimum absolute atomic E-state index is 0.125. The van der Waals surface area contributed by atoms with Gasteiger partial charge in [0.15, 0.2) is 12.1 Å². The van der Waals surface area contributed by atoms with Crippen molar-refractivity contribution < 1.29 is 34.2 Å². The molecule has 0 aromatic heterocycles. The van der Waals surface area contributed by atoms with Crippen LogP contribution in [0.1, 0.15) is 175 Å². The lowest BCUT2D eigenvalue weighted by Gasteiger charge is -2.51. The zero-order chi connectivity index (χ0) is 32.3. The molecule has 0 aromatic carbocycles. The summed E-state index contributed by atoms with van der Waals surface area (Å²) in [6.07, 6.45) is 29.7. The second-order valence-corrected chi connectivity index (χ2v) is 12.5. The van der Waals surface area contributed by atoms with Crippen LogP contribution < -0.4 is 5.11 Å². The number of hydrogen-bond donors (Lipinski definition) is 2. The smallest absolute Gasteiger partial charge is 0.362 e. The molecule has 7 nitrogen and oxygen atoms in total. The number of rotatable bonds is 31. The summed E-state index contributed by atoms with van der Waals surface area (Å²) in [7, 11) is 0. The van der Waals surface area contributed by atoms with E-state index in [1.165, 1.54) is 89.9 Å². The predicted octanol–water partition coefficient (Wildman–Crippen LogP) is 8.44. The third-order valence-corrected chi connectivity index (χ3v) is 9.30. The van der Waals surface area contributed by atoms with Gasteiger partial charge in [-0.15, -0.1) is 0 Å². The van der Waals surface area contributed by atoms with Gasteiger partial charge in [-0.25, -0.2) is 9.59 Å². The van der Waals surface area contributed by atoms with Gasteiger partial charge in [-0.3, -0.25) is 4.48 Å². The summed E-state index contributed by atoms with van der Waals surface area (Å²) in [5, 5.41) is 32.2. The number of quaternary nitrogens is 1. The van der Waals surface area contributed by atoms with Crippen LogP contribution in [0.4, 0.5) is 0 Å². The maximum Gasteiger partial charge on any atom is 0.362 e. The van der Waals surface area contributed by atoms with Gasteiger partial charge in [0.25, 0.3) is 0 Å². The molecule has 43 heavy (non-hydrogen) atoms. The predicted molar refractivity (Wildman–Crippen MR) is 175 cm³/mol. The van der Waals surface area contributed by atoms with Crippen molar-refractivity contribution in [3.63, 3.8) is 0 Å². The summed E-state index contributed by atoms with van der Waals surface area (Å²) in [5.74, 6) is -3.66. The van der Waals surface area contributed by atoms with Gasteiger partial charge in [-0.2, -0.15) is 0 Å². The lowest BCUT2D eigenvalue weighted by atomic mass is 9.94. The molecule has 252 valence electrons.